The Morgan fingerprint density at radius 2 is 1.85 bits per heavy atom. The van der Waals surface area contributed by atoms with E-state index < -0.39 is 0 Å². The summed E-state index contributed by atoms with van der Waals surface area (Å²) >= 11 is 3.61. The fourth-order valence-electron chi connectivity index (χ4n) is 2.77. The van der Waals surface area contributed by atoms with Gasteiger partial charge in [-0.1, -0.05) is 15.9 Å². The Bertz CT molecular complexity index is 780. The van der Waals surface area contributed by atoms with Gasteiger partial charge in [-0.2, -0.15) is 0 Å². The van der Waals surface area contributed by atoms with Gasteiger partial charge < -0.3 is 24.8 Å². The summed E-state index contributed by atoms with van der Waals surface area (Å²) in [5.74, 6) is 1.92. The van der Waals surface area contributed by atoms with E-state index in [4.69, 9.17) is 19.9 Å². The van der Waals surface area contributed by atoms with Gasteiger partial charge in [0.05, 0.1) is 7.11 Å². The second kappa shape index (κ2) is 8.31. The normalized spacial score (nSPS) is 12.5. The number of amides is 1. The number of carbonyl (C=O) groups excluding carboxylic acids is 1. The summed E-state index contributed by atoms with van der Waals surface area (Å²) in [4.78, 5) is 13.4. The Kier molecular flexibility index (Phi) is 5.88. The van der Waals surface area contributed by atoms with Crippen LogP contribution in [0.25, 0.3) is 0 Å². The van der Waals surface area contributed by atoms with E-state index in [1.165, 1.54) is 0 Å². The summed E-state index contributed by atoms with van der Waals surface area (Å²) in [5, 5.41) is 0. The van der Waals surface area contributed by atoms with Crippen molar-refractivity contribution in [2.45, 2.75) is 13.0 Å². The van der Waals surface area contributed by atoms with Gasteiger partial charge in [-0.3, -0.25) is 4.79 Å². The SMILES string of the molecule is COc1ccc(N(CCC(N)=O)Cc2cc3c(cc2Br)OCCO3)cc1. The van der Waals surface area contributed by atoms with Gasteiger partial charge in [0.2, 0.25) is 5.91 Å². The molecule has 0 saturated carbocycles. The third-order valence-corrected chi connectivity index (χ3v) is 4.88. The lowest BCUT2D eigenvalue weighted by Crippen LogP contribution is -2.28. The molecule has 0 atom stereocenters. The molecule has 2 aromatic carbocycles. The third-order valence-electron chi connectivity index (χ3n) is 4.14. The number of hydrogen-bond acceptors (Lipinski definition) is 5. The van der Waals surface area contributed by atoms with Crippen molar-refractivity contribution in [3.63, 3.8) is 0 Å². The number of primary amides is 1. The molecule has 0 fully saturated rings. The van der Waals surface area contributed by atoms with Crippen LogP contribution in [0.1, 0.15) is 12.0 Å². The van der Waals surface area contributed by atoms with E-state index in [0.29, 0.717) is 26.3 Å². The van der Waals surface area contributed by atoms with Gasteiger partial charge in [0.25, 0.3) is 0 Å². The third kappa shape index (κ3) is 4.40. The van der Waals surface area contributed by atoms with E-state index in [-0.39, 0.29) is 12.3 Å². The van der Waals surface area contributed by atoms with Gasteiger partial charge in [-0.25, -0.2) is 0 Å². The maximum absolute atomic E-state index is 11.3. The summed E-state index contributed by atoms with van der Waals surface area (Å²) in [7, 11) is 1.63. The van der Waals surface area contributed by atoms with Crippen molar-refractivity contribution in [1.29, 1.82) is 0 Å². The molecule has 0 spiro atoms. The van der Waals surface area contributed by atoms with Crippen LogP contribution in [0.4, 0.5) is 5.69 Å². The van der Waals surface area contributed by atoms with Gasteiger partial charge in [-0.15, -0.1) is 0 Å². The number of fused-ring (bicyclic) bond motifs is 1. The summed E-state index contributed by atoms with van der Waals surface area (Å²) in [6, 6.07) is 11.6. The quantitative estimate of drug-likeness (QED) is 0.744. The molecule has 1 heterocycles. The second-order valence-corrected chi connectivity index (χ2v) is 6.78. The van der Waals surface area contributed by atoms with Gasteiger partial charge in [0, 0.05) is 29.7 Å². The number of nitrogens with two attached hydrogens (primary N) is 1. The molecule has 0 unspecified atom stereocenters. The van der Waals surface area contributed by atoms with Crippen LogP contribution in [0.2, 0.25) is 0 Å². The van der Waals surface area contributed by atoms with E-state index in [1.54, 1.807) is 7.11 Å². The highest BCUT2D eigenvalue weighted by atomic mass is 79.9. The van der Waals surface area contributed by atoms with Crippen molar-refractivity contribution < 1.29 is 19.0 Å². The van der Waals surface area contributed by atoms with Crippen molar-refractivity contribution in [2.24, 2.45) is 5.73 Å². The van der Waals surface area contributed by atoms with Crippen LogP contribution in [0.15, 0.2) is 40.9 Å². The molecule has 3 rings (SSSR count). The average Bonchev–Trinajstić information content (AvgIpc) is 2.65. The lowest BCUT2D eigenvalue weighted by atomic mass is 10.1. The lowest BCUT2D eigenvalue weighted by Gasteiger charge is -2.26. The summed E-state index contributed by atoms with van der Waals surface area (Å²) in [6.07, 6.45) is 0.272. The van der Waals surface area contributed by atoms with Crippen molar-refractivity contribution >= 4 is 27.5 Å². The van der Waals surface area contributed by atoms with Crippen LogP contribution < -0.4 is 24.8 Å². The van der Waals surface area contributed by atoms with Gasteiger partial charge in [-0.05, 0) is 42.0 Å². The zero-order chi connectivity index (χ0) is 18.5. The molecule has 1 aliphatic heterocycles. The molecule has 0 aliphatic carbocycles. The highest BCUT2D eigenvalue weighted by Gasteiger charge is 2.17. The van der Waals surface area contributed by atoms with Crippen molar-refractivity contribution in [1.82, 2.24) is 0 Å². The minimum atomic E-state index is -0.329. The molecule has 138 valence electrons. The molecule has 0 radical (unpaired) electrons. The first-order chi connectivity index (χ1) is 12.6. The first-order valence-electron chi connectivity index (χ1n) is 8.32. The molecular weight excluding hydrogens is 400 g/mol. The number of carbonyl (C=O) groups is 1. The van der Waals surface area contributed by atoms with Crippen LogP contribution in [0.3, 0.4) is 0 Å². The predicted molar refractivity (Wildman–Crippen MR) is 103 cm³/mol. The van der Waals surface area contributed by atoms with E-state index in [9.17, 15) is 4.79 Å². The van der Waals surface area contributed by atoms with Crippen LogP contribution in [-0.2, 0) is 11.3 Å². The predicted octanol–water partition coefficient (Wildman–Crippen LogP) is 3.11. The first-order valence-corrected chi connectivity index (χ1v) is 9.11. The largest absolute Gasteiger partial charge is 0.497 e. The van der Waals surface area contributed by atoms with E-state index in [0.717, 1.165) is 33.0 Å². The van der Waals surface area contributed by atoms with E-state index >= 15 is 0 Å². The van der Waals surface area contributed by atoms with Crippen LogP contribution >= 0.6 is 15.9 Å². The van der Waals surface area contributed by atoms with E-state index in [2.05, 4.69) is 20.8 Å². The fraction of sp³-hybridized carbons (Fsp3) is 0.316. The Morgan fingerprint density at radius 3 is 2.46 bits per heavy atom. The number of methoxy groups -OCH3 is 1. The van der Waals surface area contributed by atoms with E-state index in [1.807, 2.05) is 36.4 Å². The highest BCUT2D eigenvalue weighted by Crippen LogP contribution is 2.36. The van der Waals surface area contributed by atoms with Crippen LogP contribution in [-0.4, -0.2) is 32.8 Å². The zero-order valence-corrected chi connectivity index (χ0v) is 16.1. The van der Waals surface area contributed by atoms with Crippen molar-refractivity contribution in [3.8, 4) is 17.2 Å². The number of anilines is 1. The first kappa shape index (κ1) is 18.4. The zero-order valence-electron chi connectivity index (χ0n) is 14.5. The van der Waals surface area contributed by atoms with Gasteiger partial charge in [0.1, 0.15) is 19.0 Å². The second-order valence-electron chi connectivity index (χ2n) is 5.92. The number of hydrogen-bond donors (Lipinski definition) is 1. The minimum absolute atomic E-state index is 0.272. The van der Waals surface area contributed by atoms with Crippen molar-refractivity contribution in [2.75, 3.05) is 31.8 Å². The molecule has 1 aliphatic rings. The molecule has 26 heavy (non-hydrogen) atoms. The number of benzene rings is 2. The Hall–Kier alpha value is -2.41. The molecule has 0 bridgehead atoms. The molecule has 2 aromatic rings. The fourth-order valence-corrected chi connectivity index (χ4v) is 3.22. The molecule has 2 N–H and O–H groups in total. The molecule has 0 saturated heterocycles. The van der Waals surface area contributed by atoms with Crippen LogP contribution in [0.5, 0.6) is 17.2 Å². The number of nitrogens with zero attached hydrogens (tertiary/aromatic N) is 1. The molecule has 6 nitrogen and oxygen atoms in total. The summed E-state index contributed by atoms with van der Waals surface area (Å²) in [5.41, 5.74) is 7.36. The summed E-state index contributed by atoms with van der Waals surface area (Å²) < 4.78 is 17.4. The number of ether oxygens (including phenoxy) is 3. The smallest absolute Gasteiger partial charge is 0.219 e. The minimum Gasteiger partial charge on any atom is -0.497 e. The monoisotopic (exact) mass is 420 g/mol. The van der Waals surface area contributed by atoms with Crippen LogP contribution in [0, 0.1) is 0 Å². The maximum Gasteiger partial charge on any atom is 0.219 e. The van der Waals surface area contributed by atoms with Gasteiger partial charge >= 0.3 is 0 Å². The number of halogens is 1. The average molecular weight is 421 g/mol. The van der Waals surface area contributed by atoms with Crippen molar-refractivity contribution in [3.05, 3.63) is 46.4 Å². The lowest BCUT2D eigenvalue weighted by molar-refractivity contribution is -0.117. The molecule has 1 amide bonds. The standard InChI is InChI=1S/C19H21BrN2O4/c1-24-15-4-2-14(3-5-15)22(7-6-19(21)23)12-13-10-17-18(11-16(13)20)26-9-8-25-17/h2-5,10-11H,6-9,12H2,1H3,(H2,21,23). The molecule has 0 aromatic heterocycles. The topological polar surface area (TPSA) is 74.0 Å². The number of rotatable bonds is 7. The highest BCUT2D eigenvalue weighted by molar-refractivity contribution is 9.10. The maximum atomic E-state index is 11.3. The molecule has 7 heteroatoms. The summed E-state index contributed by atoms with van der Waals surface area (Å²) in [6.45, 7) is 2.20. The Morgan fingerprint density at radius 1 is 1.19 bits per heavy atom. The molecular formula is C19H21BrN2O4. The Labute approximate surface area is 161 Å². The Balaban J connectivity index is 1.85. The van der Waals surface area contributed by atoms with Gasteiger partial charge in [0.15, 0.2) is 11.5 Å².